The van der Waals surface area contributed by atoms with Crippen LogP contribution in [0.25, 0.3) is 10.6 Å². The second kappa shape index (κ2) is 11.9. The van der Waals surface area contributed by atoms with Crippen LogP contribution in [0.15, 0.2) is 60.7 Å². The number of aromatic nitrogens is 2. The van der Waals surface area contributed by atoms with Gasteiger partial charge in [-0.15, -0.1) is 10.2 Å². The van der Waals surface area contributed by atoms with Crippen LogP contribution in [0.5, 0.6) is 0 Å². The number of nitrogens with zero attached hydrogens (tertiary/aromatic N) is 3. The highest BCUT2D eigenvalue weighted by atomic mass is 32.1. The van der Waals surface area contributed by atoms with Crippen molar-refractivity contribution in [1.82, 2.24) is 15.1 Å². The number of ether oxygens (including phenoxy) is 1. The maximum atomic E-state index is 12.5. The molecule has 0 radical (unpaired) electrons. The lowest BCUT2D eigenvalue weighted by Gasteiger charge is -2.21. The molecule has 1 aromatic heterocycles. The molecule has 0 aliphatic rings. The Kier molecular flexibility index (Phi) is 8.69. The molecule has 0 unspecified atom stereocenters. The highest BCUT2D eigenvalue weighted by molar-refractivity contribution is 7.18. The normalized spacial score (nSPS) is 10.6. The van der Waals surface area contributed by atoms with Crippen molar-refractivity contribution >= 4 is 28.3 Å². The van der Waals surface area contributed by atoms with Crippen LogP contribution in [-0.4, -0.2) is 46.6 Å². The molecule has 1 heterocycles. The van der Waals surface area contributed by atoms with E-state index in [2.05, 4.69) is 15.5 Å². The van der Waals surface area contributed by atoms with Gasteiger partial charge >= 0.3 is 0 Å². The van der Waals surface area contributed by atoms with Crippen molar-refractivity contribution in [3.05, 3.63) is 66.2 Å². The summed E-state index contributed by atoms with van der Waals surface area (Å²) in [7, 11) is 0. The third-order valence-corrected chi connectivity index (χ3v) is 5.37. The maximum Gasteiger partial charge on any atom is 0.248 e. The summed E-state index contributed by atoms with van der Waals surface area (Å²) in [5.74, 6) is -0.317. The van der Waals surface area contributed by atoms with Crippen molar-refractivity contribution in [3.63, 3.8) is 0 Å². The number of hydrogen-bond donors (Lipinski definition) is 1. The SMILES string of the molecule is CCCN(CCC(=O)Nc1nnc(-c2ccccc2)s1)C(=O)COCc1ccccc1. The Bertz CT molecular complexity index is 963. The Morgan fingerprint density at radius 2 is 1.71 bits per heavy atom. The van der Waals surface area contributed by atoms with E-state index in [9.17, 15) is 9.59 Å². The largest absolute Gasteiger partial charge is 0.367 e. The van der Waals surface area contributed by atoms with Crippen LogP contribution in [0.3, 0.4) is 0 Å². The standard InChI is InChI=1S/C23H26N4O3S/c1-2-14-27(21(29)17-30-16-18-9-5-3-6-10-18)15-13-20(28)24-23-26-25-22(31-23)19-11-7-4-8-12-19/h3-12H,2,13-17H2,1H3,(H,24,26,28). The molecule has 0 spiro atoms. The second-order valence-electron chi connectivity index (χ2n) is 6.94. The summed E-state index contributed by atoms with van der Waals surface area (Å²) in [5, 5.41) is 12.1. The Hall–Kier alpha value is -3.10. The Morgan fingerprint density at radius 1 is 1.00 bits per heavy atom. The first-order chi connectivity index (χ1) is 15.2. The molecule has 0 aliphatic carbocycles. The highest BCUT2D eigenvalue weighted by Crippen LogP contribution is 2.25. The van der Waals surface area contributed by atoms with Gasteiger partial charge in [0.15, 0.2) is 0 Å². The van der Waals surface area contributed by atoms with Gasteiger partial charge < -0.3 is 15.0 Å². The number of nitrogens with one attached hydrogen (secondary N) is 1. The molecule has 7 nitrogen and oxygen atoms in total. The third kappa shape index (κ3) is 7.27. The fourth-order valence-electron chi connectivity index (χ4n) is 2.94. The number of amides is 2. The summed E-state index contributed by atoms with van der Waals surface area (Å²) in [5.41, 5.74) is 1.97. The predicted octanol–water partition coefficient (Wildman–Crippen LogP) is 3.99. The number of hydrogen-bond acceptors (Lipinski definition) is 6. The van der Waals surface area contributed by atoms with E-state index >= 15 is 0 Å². The average molecular weight is 439 g/mol. The van der Waals surface area contributed by atoms with Crippen LogP contribution in [0, 0.1) is 0 Å². The lowest BCUT2D eigenvalue weighted by Crippen LogP contribution is -2.37. The molecule has 8 heteroatoms. The van der Waals surface area contributed by atoms with E-state index in [1.807, 2.05) is 67.6 Å². The molecule has 0 bridgehead atoms. The number of benzene rings is 2. The summed E-state index contributed by atoms with van der Waals surface area (Å²) in [6.45, 7) is 3.29. The third-order valence-electron chi connectivity index (χ3n) is 4.48. The molecule has 1 N–H and O–H groups in total. The zero-order valence-corrected chi connectivity index (χ0v) is 18.3. The van der Waals surface area contributed by atoms with E-state index in [1.54, 1.807) is 4.90 Å². The van der Waals surface area contributed by atoms with Gasteiger partial charge in [-0.05, 0) is 12.0 Å². The molecule has 0 saturated heterocycles. The molecule has 0 aliphatic heterocycles. The average Bonchev–Trinajstić information content (AvgIpc) is 3.26. The van der Waals surface area contributed by atoms with Gasteiger partial charge in [0, 0.05) is 25.1 Å². The highest BCUT2D eigenvalue weighted by Gasteiger charge is 2.16. The van der Waals surface area contributed by atoms with Crippen LogP contribution in [-0.2, 0) is 20.9 Å². The first-order valence-corrected chi connectivity index (χ1v) is 11.1. The van der Waals surface area contributed by atoms with E-state index in [0.29, 0.717) is 24.8 Å². The molecular formula is C23H26N4O3S. The van der Waals surface area contributed by atoms with Crippen molar-refractivity contribution in [2.24, 2.45) is 0 Å². The Balaban J connectivity index is 1.45. The van der Waals surface area contributed by atoms with E-state index in [4.69, 9.17) is 4.74 Å². The number of rotatable bonds is 11. The second-order valence-corrected chi connectivity index (χ2v) is 7.91. The van der Waals surface area contributed by atoms with Crippen LogP contribution in [0.1, 0.15) is 25.3 Å². The van der Waals surface area contributed by atoms with Crippen LogP contribution in [0.2, 0.25) is 0 Å². The molecular weight excluding hydrogens is 412 g/mol. The van der Waals surface area contributed by atoms with Gasteiger partial charge in [0.2, 0.25) is 16.9 Å². The molecule has 0 atom stereocenters. The topological polar surface area (TPSA) is 84.4 Å². The minimum absolute atomic E-state index is 0.00660. The van der Waals surface area contributed by atoms with Crippen molar-refractivity contribution in [2.45, 2.75) is 26.4 Å². The molecule has 162 valence electrons. The molecule has 3 aromatic rings. The molecule has 31 heavy (non-hydrogen) atoms. The monoisotopic (exact) mass is 438 g/mol. The van der Waals surface area contributed by atoms with Gasteiger partial charge in [-0.2, -0.15) is 0 Å². The quantitative estimate of drug-likeness (QED) is 0.489. The fourth-order valence-corrected chi connectivity index (χ4v) is 3.71. The summed E-state index contributed by atoms with van der Waals surface area (Å²) in [6.07, 6.45) is 0.994. The van der Waals surface area contributed by atoms with Gasteiger partial charge in [-0.25, -0.2) is 0 Å². The van der Waals surface area contributed by atoms with E-state index in [1.165, 1.54) is 11.3 Å². The minimum Gasteiger partial charge on any atom is -0.367 e. The number of carbonyl (C=O) groups is 2. The van der Waals surface area contributed by atoms with Crippen LogP contribution in [0.4, 0.5) is 5.13 Å². The van der Waals surface area contributed by atoms with E-state index in [0.717, 1.165) is 22.6 Å². The van der Waals surface area contributed by atoms with Crippen LogP contribution < -0.4 is 5.32 Å². The minimum atomic E-state index is -0.199. The Morgan fingerprint density at radius 3 is 2.42 bits per heavy atom. The molecule has 0 fully saturated rings. The van der Waals surface area contributed by atoms with Crippen LogP contribution >= 0.6 is 11.3 Å². The fraction of sp³-hybridized carbons (Fsp3) is 0.304. The van der Waals surface area contributed by atoms with Gasteiger partial charge in [0.05, 0.1) is 6.61 Å². The summed E-state index contributed by atoms with van der Waals surface area (Å²) in [4.78, 5) is 26.5. The molecule has 2 amide bonds. The van der Waals surface area contributed by atoms with Gasteiger partial charge in [-0.3, -0.25) is 9.59 Å². The van der Waals surface area contributed by atoms with Crippen molar-refractivity contribution in [3.8, 4) is 10.6 Å². The summed E-state index contributed by atoms with van der Waals surface area (Å²) < 4.78 is 5.55. The first kappa shape index (κ1) is 22.6. The number of carbonyl (C=O) groups excluding carboxylic acids is 2. The molecule has 2 aromatic carbocycles. The zero-order chi connectivity index (χ0) is 21.9. The van der Waals surface area contributed by atoms with Gasteiger partial charge in [0.25, 0.3) is 0 Å². The lowest BCUT2D eigenvalue weighted by molar-refractivity contribution is -0.136. The first-order valence-electron chi connectivity index (χ1n) is 10.2. The predicted molar refractivity (Wildman–Crippen MR) is 122 cm³/mol. The van der Waals surface area contributed by atoms with Crippen molar-refractivity contribution in [2.75, 3.05) is 25.0 Å². The summed E-state index contributed by atoms with van der Waals surface area (Å²) in [6, 6.07) is 19.4. The maximum absolute atomic E-state index is 12.5. The molecule has 0 saturated carbocycles. The zero-order valence-electron chi connectivity index (χ0n) is 17.5. The molecule has 3 rings (SSSR count). The number of anilines is 1. The van der Waals surface area contributed by atoms with Gasteiger partial charge in [-0.1, -0.05) is 78.9 Å². The van der Waals surface area contributed by atoms with E-state index < -0.39 is 0 Å². The summed E-state index contributed by atoms with van der Waals surface area (Å²) >= 11 is 1.32. The van der Waals surface area contributed by atoms with Crippen molar-refractivity contribution < 1.29 is 14.3 Å². The van der Waals surface area contributed by atoms with Crippen molar-refractivity contribution in [1.29, 1.82) is 0 Å². The van der Waals surface area contributed by atoms with Gasteiger partial charge in [0.1, 0.15) is 11.6 Å². The lowest BCUT2D eigenvalue weighted by atomic mass is 10.2. The van der Waals surface area contributed by atoms with E-state index in [-0.39, 0.29) is 24.8 Å². The Labute approximate surface area is 186 Å². The smallest absolute Gasteiger partial charge is 0.248 e.